The van der Waals surface area contributed by atoms with E-state index in [2.05, 4.69) is 20.3 Å². The molecule has 4 unspecified atom stereocenters. The van der Waals surface area contributed by atoms with Gasteiger partial charge in [0.25, 0.3) is 0 Å². The van der Waals surface area contributed by atoms with E-state index in [9.17, 15) is 15.3 Å². The maximum absolute atomic E-state index is 10.3. The number of hydrogen-bond donors (Lipinski definition) is 5. The predicted molar refractivity (Wildman–Crippen MR) is 99.4 cm³/mol. The smallest absolute Gasteiger partial charge is 0.191 e. The average Bonchev–Trinajstić information content (AvgIpc) is 3.22. The molecule has 11 heteroatoms. The first kappa shape index (κ1) is 20.0. The molecule has 3 rings (SSSR count). The van der Waals surface area contributed by atoms with Crippen molar-refractivity contribution in [2.45, 2.75) is 36.6 Å². The molecule has 3 heterocycles. The van der Waals surface area contributed by atoms with E-state index in [0.717, 1.165) is 5.57 Å². The second-order valence-corrected chi connectivity index (χ2v) is 6.97. The largest absolute Gasteiger partial charge is 0.394 e. The highest BCUT2D eigenvalue weighted by Gasteiger charge is 2.44. The van der Waals surface area contributed by atoms with Gasteiger partial charge in [-0.25, -0.2) is 15.0 Å². The van der Waals surface area contributed by atoms with Gasteiger partial charge in [0.1, 0.15) is 18.3 Å². The first-order chi connectivity index (χ1) is 13.0. The van der Waals surface area contributed by atoms with E-state index < -0.39 is 31.1 Å². The Hall–Kier alpha value is -1.76. The van der Waals surface area contributed by atoms with E-state index in [4.69, 9.17) is 9.84 Å². The number of aliphatic hydroxyl groups is 4. The lowest BCUT2D eigenvalue weighted by Crippen LogP contribution is -2.33. The lowest BCUT2D eigenvalue weighted by molar-refractivity contribution is -0.0511. The summed E-state index contributed by atoms with van der Waals surface area (Å²) in [6.07, 6.45) is 0.917. The third-order valence-corrected chi connectivity index (χ3v) is 4.89. The number of imidazole rings is 1. The molecule has 1 aliphatic rings. The fourth-order valence-electron chi connectivity index (χ4n) is 2.79. The van der Waals surface area contributed by atoms with Gasteiger partial charge in [-0.1, -0.05) is 23.4 Å². The van der Waals surface area contributed by atoms with Crippen molar-refractivity contribution in [1.29, 1.82) is 0 Å². The van der Waals surface area contributed by atoms with Gasteiger partial charge in [0.2, 0.25) is 0 Å². The van der Waals surface area contributed by atoms with Crippen LogP contribution in [-0.4, -0.2) is 84.3 Å². The van der Waals surface area contributed by atoms with Gasteiger partial charge in [-0.3, -0.25) is 4.57 Å². The van der Waals surface area contributed by atoms with Gasteiger partial charge in [0, 0.05) is 6.54 Å². The molecule has 1 saturated heterocycles. The number of nitrogens with zero attached hydrogens (tertiary/aromatic N) is 4. The molecule has 0 aliphatic carbocycles. The third kappa shape index (κ3) is 3.93. The minimum absolute atomic E-state index is 0.0171. The summed E-state index contributed by atoms with van der Waals surface area (Å²) in [6.45, 7) is 1.85. The molecule has 5 N–H and O–H groups in total. The minimum Gasteiger partial charge on any atom is -0.394 e. The SMILES string of the molecule is CSc1nc(NCC=C(C)CO)c2ncn(C3OC(CO)C(O)C3O)c2n1. The molecule has 2 aromatic heterocycles. The van der Waals surface area contributed by atoms with Crippen LogP contribution in [0.1, 0.15) is 13.2 Å². The molecule has 0 radical (unpaired) electrons. The molecular weight excluding hydrogens is 374 g/mol. The Balaban J connectivity index is 1.96. The van der Waals surface area contributed by atoms with Gasteiger partial charge in [0.15, 0.2) is 28.4 Å². The maximum Gasteiger partial charge on any atom is 0.191 e. The lowest BCUT2D eigenvalue weighted by atomic mass is 10.1. The number of anilines is 1. The van der Waals surface area contributed by atoms with Gasteiger partial charge in [0.05, 0.1) is 19.5 Å². The van der Waals surface area contributed by atoms with Crippen LogP contribution in [0.4, 0.5) is 5.82 Å². The molecule has 27 heavy (non-hydrogen) atoms. The molecule has 148 valence electrons. The maximum atomic E-state index is 10.3. The van der Waals surface area contributed by atoms with Crippen LogP contribution in [0, 0.1) is 0 Å². The zero-order chi connectivity index (χ0) is 19.6. The number of thioether (sulfide) groups is 1. The van der Waals surface area contributed by atoms with Crippen molar-refractivity contribution >= 4 is 28.7 Å². The molecule has 0 saturated carbocycles. The first-order valence-electron chi connectivity index (χ1n) is 8.41. The molecule has 4 atom stereocenters. The van der Waals surface area contributed by atoms with Gasteiger partial charge in [-0.05, 0) is 13.2 Å². The van der Waals surface area contributed by atoms with E-state index in [1.165, 1.54) is 22.7 Å². The van der Waals surface area contributed by atoms with Crippen LogP contribution < -0.4 is 5.32 Å². The summed E-state index contributed by atoms with van der Waals surface area (Å²) in [5.74, 6) is 0.511. The van der Waals surface area contributed by atoms with Crippen molar-refractivity contribution in [3.05, 3.63) is 18.0 Å². The quantitative estimate of drug-likeness (QED) is 0.236. The van der Waals surface area contributed by atoms with Crippen molar-refractivity contribution < 1.29 is 25.2 Å². The van der Waals surface area contributed by atoms with Gasteiger partial charge in [-0.2, -0.15) is 0 Å². The Labute approximate surface area is 159 Å². The van der Waals surface area contributed by atoms with Crippen molar-refractivity contribution in [1.82, 2.24) is 19.5 Å². The number of ether oxygens (including phenoxy) is 1. The topological polar surface area (TPSA) is 146 Å². The van der Waals surface area contributed by atoms with Gasteiger partial charge in [-0.15, -0.1) is 0 Å². The Kier molecular flexibility index (Phi) is 6.29. The molecule has 0 aromatic carbocycles. The normalized spacial score (nSPS) is 26.1. The number of rotatable bonds is 7. The summed E-state index contributed by atoms with van der Waals surface area (Å²) in [5, 5.41) is 42.3. The predicted octanol–water partition coefficient (Wildman–Crippen LogP) is -0.490. The zero-order valence-electron chi connectivity index (χ0n) is 15.0. The molecule has 10 nitrogen and oxygen atoms in total. The van der Waals surface area contributed by atoms with Crippen molar-refractivity contribution in [3.63, 3.8) is 0 Å². The zero-order valence-corrected chi connectivity index (χ0v) is 15.8. The number of aromatic nitrogens is 4. The van der Waals surface area contributed by atoms with Gasteiger partial charge >= 0.3 is 0 Å². The Morgan fingerprint density at radius 2 is 2.11 bits per heavy atom. The van der Waals surface area contributed by atoms with Crippen molar-refractivity contribution in [3.8, 4) is 0 Å². The highest BCUT2D eigenvalue weighted by molar-refractivity contribution is 7.98. The summed E-state index contributed by atoms with van der Waals surface area (Å²) < 4.78 is 7.10. The molecule has 1 fully saturated rings. The van der Waals surface area contributed by atoms with Crippen LogP contribution in [0.15, 0.2) is 23.1 Å². The summed E-state index contributed by atoms with van der Waals surface area (Å²) in [4.78, 5) is 13.2. The van der Waals surface area contributed by atoms with Crippen LogP contribution in [0.3, 0.4) is 0 Å². The fourth-order valence-corrected chi connectivity index (χ4v) is 3.15. The Morgan fingerprint density at radius 3 is 2.74 bits per heavy atom. The summed E-state index contributed by atoms with van der Waals surface area (Å²) in [5.41, 5.74) is 1.75. The van der Waals surface area contributed by atoms with E-state index in [1.807, 2.05) is 19.3 Å². The number of fused-ring (bicyclic) bond motifs is 1. The summed E-state index contributed by atoms with van der Waals surface area (Å²) >= 11 is 1.35. The van der Waals surface area contributed by atoms with Crippen LogP contribution in [0.5, 0.6) is 0 Å². The van der Waals surface area contributed by atoms with Crippen molar-refractivity contribution in [2.75, 3.05) is 31.3 Å². The third-order valence-electron chi connectivity index (χ3n) is 4.34. The Bertz CT molecular complexity index is 829. The molecular formula is C16H23N5O5S. The summed E-state index contributed by atoms with van der Waals surface area (Å²) in [7, 11) is 0. The molecule has 0 spiro atoms. The van der Waals surface area contributed by atoms with Crippen LogP contribution in [-0.2, 0) is 4.74 Å². The lowest BCUT2D eigenvalue weighted by Gasteiger charge is -2.17. The fraction of sp³-hybridized carbons (Fsp3) is 0.562. The highest BCUT2D eigenvalue weighted by Crippen LogP contribution is 2.32. The average molecular weight is 397 g/mol. The number of aliphatic hydroxyl groups excluding tert-OH is 4. The van der Waals surface area contributed by atoms with E-state index in [0.29, 0.717) is 28.7 Å². The van der Waals surface area contributed by atoms with Crippen LogP contribution in [0.2, 0.25) is 0 Å². The van der Waals surface area contributed by atoms with Gasteiger partial charge < -0.3 is 30.5 Å². The Morgan fingerprint density at radius 1 is 1.33 bits per heavy atom. The van der Waals surface area contributed by atoms with Crippen LogP contribution >= 0.6 is 11.8 Å². The highest BCUT2D eigenvalue weighted by atomic mass is 32.2. The second-order valence-electron chi connectivity index (χ2n) is 6.20. The monoisotopic (exact) mass is 397 g/mol. The molecule has 1 aliphatic heterocycles. The molecule has 2 aromatic rings. The van der Waals surface area contributed by atoms with E-state index in [-0.39, 0.29) is 6.61 Å². The number of nitrogens with one attached hydrogen (secondary N) is 1. The van der Waals surface area contributed by atoms with E-state index in [1.54, 1.807) is 0 Å². The van der Waals surface area contributed by atoms with Crippen molar-refractivity contribution in [2.24, 2.45) is 0 Å². The molecule has 0 amide bonds. The first-order valence-corrected chi connectivity index (χ1v) is 9.64. The minimum atomic E-state index is -1.22. The standard InChI is InChI=1S/C16H23N5O5S/c1-8(5-22)3-4-17-13-10-14(20-16(19-13)27-2)21(7-18-10)15-12(25)11(24)9(6-23)26-15/h3,7,9,11-12,15,22-25H,4-6H2,1-2H3,(H,17,19,20). The molecule has 0 bridgehead atoms. The number of hydrogen-bond acceptors (Lipinski definition) is 10. The summed E-state index contributed by atoms with van der Waals surface area (Å²) in [6, 6.07) is 0. The van der Waals surface area contributed by atoms with E-state index >= 15 is 0 Å². The second kappa shape index (κ2) is 8.50. The van der Waals surface area contributed by atoms with Crippen LogP contribution in [0.25, 0.3) is 11.2 Å².